The van der Waals surface area contributed by atoms with Gasteiger partial charge in [-0.2, -0.15) is 5.10 Å². The topological polar surface area (TPSA) is 78.2 Å². The van der Waals surface area contributed by atoms with Gasteiger partial charge in [-0.1, -0.05) is 48.5 Å². The number of para-hydroxylation sites is 1. The Morgan fingerprint density at radius 1 is 0.939 bits per heavy atom. The number of hydrogen-bond acceptors (Lipinski definition) is 4. The third-order valence-electron chi connectivity index (χ3n) is 5.62. The Balaban J connectivity index is 1.52. The van der Waals surface area contributed by atoms with Crippen LogP contribution >= 0.6 is 0 Å². The van der Waals surface area contributed by atoms with Gasteiger partial charge in [-0.25, -0.2) is 4.68 Å². The number of nitrogens with zero attached hydrogens (tertiary/aromatic N) is 3. The Morgan fingerprint density at radius 3 is 2.42 bits per heavy atom. The summed E-state index contributed by atoms with van der Waals surface area (Å²) in [6.07, 6.45) is 1.67. The molecule has 0 aliphatic heterocycles. The number of amides is 1. The van der Waals surface area contributed by atoms with Gasteiger partial charge < -0.3 is 14.6 Å². The number of methoxy groups -OCH3 is 1. The number of benzene rings is 3. The van der Waals surface area contributed by atoms with Crippen molar-refractivity contribution < 1.29 is 9.53 Å². The van der Waals surface area contributed by atoms with Crippen LogP contribution in [0, 0.1) is 0 Å². The molecule has 0 saturated carbocycles. The summed E-state index contributed by atoms with van der Waals surface area (Å²) in [5.41, 5.74) is 2.89. The number of ether oxygens (including phenoxy) is 1. The first-order valence-corrected chi connectivity index (χ1v) is 10.6. The Labute approximate surface area is 189 Å². The predicted octanol–water partition coefficient (Wildman–Crippen LogP) is 4.05. The molecule has 3 aromatic carbocycles. The van der Waals surface area contributed by atoms with E-state index in [9.17, 15) is 9.59 Å². The fourth-order valence-electron chi connectivity index (χ4n) is 4.05. The lowest BCUT2D eigenvalue weighted by atomic mass is 10.2. The zero-order chi connectivity index (χ0) is 22.8. The lowest BCUT2D eigenvalue weighted by Gasteiger charge is -2.10. The van der Waals surface area contributed by atoms with Crippen LogP contribution in [-0.2, 0) is 17.9 Å². The molecule has 0 bridgehead atoms. The molecule has 7 heteroatoms. The van der Waals surface area contributed by atoms with Crippen molar-refractivity contribution in [2.75, 3.05) is 12.4 Å². The number of hydrogen-bond donors (Lipinski definition) is 1. The monoisotopic (exact) mass is 438 g/mol. The summed E-state index contributed by atoms with van der Waals surface area (Å²) >= 11 is 0. The van der Waals surface area contributed by atoms with E-state index in [2.05, 4.69) is 10.4 Å². The van der Waals surface area contributed by atoms with Crippen LogP contribution < -0.4 is 15.6 Å². The number of fused-ring (bicyclic) bond motifs is 3. The average Bonchev–Trinajstić information content (AvgIpc) is 3.16. The van der Waals surface area contributed by atoms with Gasteiger partial charge >= 0.3 is 0 Å². The summed E-state index contributed by atoms with van der Waals surface area (Å²) < 4.78 is 8.35. The third-order valence-corrected chi connectivity index (χ3v) is 5.62. The van der Waals surface area contributed by atoms with E-state index in [0.29, 0.717) is 23.5 Å². The van der Waals surface area contributed by atoms with Crippen molar-refractivity contribution in [1.29, 1.82) is 0 Å². The van der Waals surface area contributed by atoms with Gasteiger partial charge in [0.25, 0.3) is 5.56 Å². The number of aromatic nitrogens is 3. The molecule has 0 aliphatic carbocycles. The minimum atomic E-state index is -0.333. The first kappa shape index (κ1) is 20.5. The van der Waals surface area contributed by atoms with Gasteiger partial charge in [0.1, 0.15) is 17.8 Å². The summed E-state index contributed by atoms with van der Waals surface area (Å²) in [5, 5.41) is 8.83. The zero-order valence-corrected chi connectivity index (χ0v) is 18.1. The van der Waals surface area contributed by atoms with Crippen LogP contribution in [0.1, 0.15) is 5.56 Å². The van der Waals surface area contributed by atoms with Crippen LogP contribution in [0.2, 0.25) is 0 Å². The van der Waals surface area contributed by atoms with Crippen molar-refractivity contribution in [1.82, 2.24) is 14.3 Å². The van der Waals surface area contributed by atoms with Crippen molar-refractivity contribution in [3.05, 3.63) is 101 Å². The Bertz CT molecular complexity index is 1500. The molecule has 1 amide bonds. The molecular weight excluding hydrogens is 416 g/mol. The fourth-order valence-corrected chi connectivity index (χ4v) is 4.05. The molecule has 0 aliphatic rings. The molecule has 0 fully saturated rings. The van der Waals surface area contributed by atoms with Crippen molar-refractivity contribution in [2.24, 2.45) is 0 Å². The van der Waals surface area contributed by atoms with Crippen LogP contribution in [0.25, 0.3) is 21.8 Å². The fraction of sp³-hybridized carbons (Fsp3) is 0.115. The molecule has 164 valence electrons. The van der Waals surface area contributed by atoms with Gasteiger partial charge in [-0.05, 0) is 35.9 Å². The van der Waals surface area contributed by atoms with Gasteiger partial charge in [-0.15, -0.1) is 0 Å². The van der Waals surface area contributed by atoms with E-state index in [1.165, 1.54) is 4.68 Å². The highest BCUT2D eigenvalue weighted by atomic mass is 16.5. The highest BCUT2D eigenvalue weighted by Crippen LogP contribution is 2.27. The van der Waals surface area contributed by atoms with Crippen molar-refractivity contribution in [3.8, 4) is 5.75 Å². The van der Waals surface area contributed by atoms with Crippen LogP contribution in [0.4, 0.5) is 5.69 Å². The lowest BCUT2D eigenvalue weighted by Crippen LogP contribution is -2.30. The highest BCUT2D eigenvalue weighted by molar-refractivity contribution is 6.07. The largest absolute Gasteiger partial charge is 0.497 e. The van der Waals surface area contributed by atoms with Crippen molar-refractivity contribution in [3.63, 3.8) is 0 Å². The number of carbonyl (C=O) groups excluding carboxylic acids is 1. The Kier molecular flexibility index (Phi) is 5.36. The summed E-state index contributed by atoms with van der Waals surface area (Å²) in [4.78, 5) is 26.1. The standard InChI is InChI=1S/C26H22N4O3/c1-33-20-13-11-19(12-14-20)28-24(31)17-30-26(32)25-22(15-27-30)21-9-5-6-10-23(21)29(25)16-18-7-3-2-4-8-18/h2-15H,16-17H2,1H3,(H,28,31). The molecule has 5 aromatic rings. The first-order chi connectivity index (χ1) is 16.1. The Morgan fingerprint density at radius 2 is 1.67 bits per heavy atom. The minimum Gasteiger partial charge on any atom is -0.497 e. The molecule has 5 rings (SSSR count). The van der Waals surface area contributed by atoms with Crippen LogP contribution in [0.3, 0.4) is 0 Å². The molecule has 0 unspecified atom stereocenters. The van der Waals surface area contributed by atoms with E-state index in [-0.39, 0.29) is 18.0 Å². The van der Waals surface area contributed by atoms with Crippen LogP contribution in [0.5, 0.6) is 5.75 Å². The number of nitrogens with one attached hydrogen (secondary N) is 1. The number of carbonyl (C=O) groups is 1. The van der Waals surface area contributed by atoms with Gasteiger partial charge in [0.2, 0.25) is 5.91 Å². The lowest BCUT2D eigenvalue weighted by molar-refractivity contribution is -0.117. The van der Waals surface area contributed by atoms with Gasteiger partial charge in [-0.3, -0.25) is 9.59 Å². The maximum Gasteiger partial charge on any atom is 0.291 e. The summed E-state index contributed by atoms with van der Waals surface area (Å²) in [7, 11) is 1.58. The minimum absolute atomic E-state index is 0.187. The molecule has 1 N–H and O–H groups in total. The van der Waals surface area contributed by atoms with Crippen LogP contribution in [0.15, 0.2) is 89.9 Å². The van der Waals surface area contributed by atoms with E-state index < -0.39 is 0 Å². The number of rotatable bonds is 6. The SMILES string of the molecule is COc1ccc(NC(=O)Cn2ncc3c4ccccc4n(Cc4ccccc4)c3c2=O)cc1. The molecule has 33 heavy (non-hydrogen) atoms. The van der Waals surface area contributed by atoms with Gasteiger partial charge in [0.15, 0.2) is 0 Å². The van der Waals surface area contributed by atoms with E-state index in [1.807, 2.05) is 59.2 Å². The summed E-state index contributed by atoms with van der Waals surface area (Å²) in [6, 6.07) is 24.9. The molecule has 0 atom stereocenters. The molecule has 2 aromatic heterocycles. The smallest absolute Gasteiger partial charge is 0.291 e. The number of anilines is 1. The average molecular weight is 438 g/mol. The predicted molar refractivity (Wildman–Crippen MR) is 129 cm³/mol. The first-order valence-electron chi connectivity index (χ1n) is 10.6. The maximum atomic E-state index is 13.5. The maximum absolute atomic E-state index is 13.5. The van der Waals surface area contributed by atoms with E-state index in [4.69, 9.17) is 4.74 Å². The highest BCUT2D eigenvalue weighted by Gasteiger charge is 2.17. The molecule has 2 heterocycles. The molecule has 0 spiro atoms. The van der Waals surface area contributed by atoms with Gasteiger partial charge in [0, 0.05) is 28.5 Å². The van der Waals surface area contributed by atoms with E-state index in [0.717, 1.165) is 21.9 Å². The second-order valence-electron chi connectivity index (χ2n) is 7.74. The summed E-state index contributed by atoms with van der Waals surface area (Å²) in [5.74, 6) is 0.363. The van der Waals surface area contributed by atoms with Crippen molar-refractivity contribution >= 4 is 33.4 Å². The molecular formula is C26H22N4O3. The van der Waals surface area contributed by atoms with Crippen molar-refractivity contribution in [2.45, 2.75) is 13.1 Å². The molecule has 7 nitrogen and oxygen atoms in total. The third kappa shape index (κ3) is 3.96. The van der Waals surface area contributed by atoms with Gasteiger partial charge in [0.05, 0.1) is 13.3 Å². The second kappa shape index (κ2) is 8.63. The van der Waals surface area contributed by atoms with E-state index >= 15 is 0 Å². The summed E-state index contributed by atoms with van der Waals surface area (Å²) in [6.45, 7) is 0.357. The van der Waals surface area contributed by atoms with E-state index in [1.54, 1.807) is 37.6 Å². The molecule has 0 radical (unpaired) electrons. The molecule has 0 saturated heterocycles. The van der Waals surface area contributed by atoms with Crippen LogP contribution in [-0.4, -0.2) is 27.4 Å². The second-order valence-corrected chi connectivity index (χ2v) is 7.74. The Hall–Kier alpha value is -4.39. The normalized spacial score (nSPS) is 11.1. The quantitative estimate of drug-likeness (QED) is 0.434. The zero-order valence-electron chi connectivity index (χ0n) is 18.1.